The number of fused-ring (bicyclic) bond motifs is 15. The van der Waals surface area contributed by atoms with Crippen LogP contribution in [0, 0.1) is 0 Å². The molecule has 0 saturated heterocycles. The lowest BCUT2D eigenvalue weighted by Crippen LogP contribution is -2.33. The number of benzene rings is 10. The minimum Gasteiger partial charge on any atom is -0.310 e. The zero-order chi connectivity index (χ0) is 41.9. The lowest BCUT2D eigenvalue weighted by atomic mass is 9.65. The van der Waals surface area contributed by atoms with Crippen LogP contribution in [-0.4, -0.2) is 4.57 Å². The molecule has 12 aromatic rings. The Bertz CT molecular complexity index is 3810. The van der Waals surface area contributed by atoms with Crippen LogP contribution in [0.3, 0.4) is 0 Å². The maximum atomic E-state index is 2.56. The van der Waals surface area contributed by atoms with E-state index in [0.29, 0.717) is 0 Å². The molecule has 2 aliphatic rings. The van der Waals surface area contributed by atoms with Crippen LogP contribution in [0.2, 0.25) is 0 Å². The fraction of sp³-hybridized carbons (Fsp3) is 0.0164. The third kappa shape index (κ3) is 4.85. The van der Waals surface area contributed by atoms with Crippen LogP contribution in [0.4, 0.5) is 17.1 Å². The van der Waals surface area contributed by atoms with Gasteiger partial charge in [-0.25, -0.2) is 0 Å². The van der Waals surface area contributed by atoms with E-state index in [4.69, 9.17) is 0 Å². The summed E-state index contributed by atoms with van der Waals surface area (Å²) >= 11 is 1.87. The second-order valence-electron chi connectivity index (χ2n) is 17.2. The summed E-state index contributed by atoms with van der Waals surface area (Å²) in [5.41, 5.74) is 19.2. The Labute approximate surface area is 375 Å². The topological polar surface area (TPSA) is 8.17 Å². The summed E-state index contributed by atoms with van der Waals surface area (Å²) in [4.78, 5) is 2.45. The Kier molecular flexibility index (Phi) is 7.51. The van der Waals surface area contributed by atoms with Gasteiger partial charge in [-0.2, -0.15) is 0 Å². The van der Waals surface area contributed by atoms with Crippen LogP contribution in [0.15, 0.2) is 231 Å². The molecular weight excluding hydrogens is 793 g/mol. The minimum atomic E-state index is -0.502. The van der Waals surface area contributed by atoms with Crippen molar-refractivity contribution in [1.29, 1.82) is 0 Å². The highest BCUT2D eigenvalue weighted by molar-refractivity contribution is 7.25. The van der Waals surface area contributed by atoms with E-state index in [-0.39, 0.29) is 0 Å². The fourth-order valence-electron chi connectivity index (χ4n) is 11.4. The van der Waals surface area contributed by atoms with E-state index in [9.17, 15) is 0 Å². The van der Waals surface area contributed by atoms with Crippen LogP contribution >= 0.6 is 11.3 Å². The maximum absolute atomic E-state index is 2.56. The number of nitrogens with zero attached hydrogens (tertiary/aromatic N) is 2. The van der Waals surface area contributed by atoms with Crippen molar-refractivity contribution in [3.05, 3.63) is 253 Å². The van der Waals surface area contributed by atoms with Gasteiger partial charge in [-0.1, -0.05) is 176 Å². The number of aromatic nitrogens is 1. The number of anilines is 3. The van der Waals surface area contributed by atoms with Gasteiger partial charge >= 0.3 is 0 Å². The molecule has 0 radical (unpaired) electrons. The van der Waals surface area contributed by atoms with E-state index in [2.05, 4.69) is 240 Å². The van der Waals surface area contributed by atoms with Gasteiger partial charge in [-0.3, -0.25) is 0 Å². The number of hydrogen-bond acceptors (Lipinski definition) is 2. The Morgan fingerprint density at radius 1 is 0.359 bits per heavy atom. The predicted molar refractivity (Wildman–Crippen MR) is 270 cm³/mol. The summed E-state index contributed by atoms with van der Waals surface area (Å²) in [6, 6.07) is 85.8. The summed E-state index contributed by atoms with van der Waals surface area (Å²) in [7, 11) is 0. The summed E-state index contributed by atoms with van der Waals surface area (Å²) in [6.07, 6.45) is 0. The summed E-state index contributed by atoms with van der Waals surface area (Å²) in [5, 5.41) is 5.19. The SMILES string of the molecule is c1ccc(-c2cccc(N(c3ccc(-c4cccc5sc6ccccc6c45)cc3)c3ccc4c(c3)-n3c5ccccc5c5cccc(c53)C43c4ccccc4-c4ccccc43)c2)cc1. The smallest absolute Gasteiger partial charge is 0.0754 e. The molecule has 3 heterocycles. The van der Waals surface area contributed by atoms with Gasteiger partial charge in [0, 0.05) is 48.0 Å². The third-order valence-electron chi connectivity index (χ3n) is 14.0. The molecule has 1 spiro atoms. The van der Waals surface area contributed by atoms with Crippen molar-refractivity contribution in [3.63, 3.8) is 0 Å². The van der Waals surface area contributed by atoms with Crippen molar-refractivity contribution in [2.75, 3.05) is 4.90 Å². The van der Waals surface area contributed by atoms with E-state index < -0.39 is 5.41 Å². The molecule has 2 aromatic heterocycles. The van der Waals surface area contributed by atoms with Gasteiger partial charge in [0.1, 0.15) is 0 Å². The quantitative estimate of drug-likeness (QED) is 0.168. The van der Waals surface area contributed by atoms with Crippen molar-refractivity contribution in [3.8, 4) is 39.1 Å². The average molecular weight is 831 g/mol. The van der Waals surface area contributed by atoms with Gasteiger partial charge in [0.15, 0.2) is 0 Å². The summed E-state index contributed by atoms with van der Waals surface area (Å²) < 4.78 is 5.19. The van der Waals surface area contributed by atoms with E-state index in [0.717, 1.165) is 17.1 Å². The molecule has 0 saturated carbocycles. The third-order valence-corrected chi connectivity index (χ3v) is 15.1. The summed E-state index contributed by atoms with van der Waals surface area (Å²) in [5.74, 6) is 0. The Hall–Kier alpha value is -7.98. The zero-order valence-corrected chi connectivity index (χ0v) is 35.6. The van der Waals surface area contributed by atoms with E-state index in [1.54, 1.807) is 0 Å². The lowest BCUT2D eigenvalue weighted by molar-refractivity contribution is 0.748. The molecule has 0 N–H and O–H groups in total. The van der Waals surface area contributed by atoms with E-state index in [1.165, 1.54) is 103 Å². The number of para-hydroxylation sites is 2. The van der Waals surface area contributed by atoms with Crippen LogP contribution in [-0.2, 0) is 5.41 Å². The van der Waals surface area contributed by atoms with Gasteiger partial charge in [-0.05, 0) is 110 Å². The Morgan fingerprint density at radius 2 is 0.953 bits per heavy atom. The Morgan fingerprint density at radius 3 is 1.78 bits per heavy atom. The van der Waals surface area contributed by atoms with E-state index in [1.807, 2.05) is 11.3 Å². The molecule has 0 amide bonds. The molecule has 3 heteroatoms. The molecule has 2 nitrogen and oxygen atoms in total. The summed E-state index contributed by atoms with van der Waals surface area (Å²) in [6.45, 7) is 0. The second kappa shape index (κ2) is 13.5. The van der Waals surface area contributed by atoms with Crippen molar-refractivity contribution in [2.24, 2.45) is 0 Å². The van der Waals surface area contributed by atoms with Crippen LogP contribution in [0.1, 0.15) is 22.3 Å². The monoisotopic (exact) mass is 830 g/mol. The number of hydrogen-bond donors (Lipinski definition) is 0. The van der Waals surface area contributed by atoms with Gasteiger partial charge in [0.05, 0.1) is 22.1 Å². The standard InChI is InChI=1S/C61H38N2S/c1-2-15-39(16-3-1)41-17-12-18-43(37-41)62(42-33-31-40(32-34-42)45-23-14-30-58-59(45)50-22-7-11-29-57(50)64-58)44-35-36-53-56(38-44)63-55-28-10-6-21-48(55)49-24-13-27-54(60(49)63)61(53)51-25-8-4-19-46(51)47-20-5-9-26-52(47)61/h1-38H. The number of thiophene rings is 1. The highest BCUT2D eigenvalue weighted by atomic mass is 32.1. The number of rotatable bonds is 5. The minimum absolute atomic E-state index is 0.502. The first-order valence-corrected chi connectivity index (χ1v) is 22.9. The van der Waals surface area contributed by atoms with Gasteiger partial charge in [-0.15, -0.1) is 11.3 Å². The highest BCUT2D eigenvalue weighted by Gasteiger charge is 2.50. The highest BCUT2D eigenvalue weighted by Crippen LogP contribution is 2.61. The average Bonchev–Trinajstić information content (AvgIpc) is 4.01. The lowest BCUT2D eigenvalue weighted by Gasteiger charge is -2.40. The molecule has 1 aliphatic heterocycles. The van der Waals surface area contributed by atoms with Crippen LogP contribution in [0.25, 0.3) is 81.0 Å². The predicted octanol–water partition coefficient (Wildman–Crippen LogP) is 16.6. The molecule has 0 fully saturated rings. The van der Waals surface area contributed by atoms with Crippen molar-refractivity contribution >= 4 is 70.4 Å². The van der Waals surface area contributed by atoms with Crippen molar-refractivity contribution in [2.45, 2.75) is 5.41 Å². The molecule has 10 aromatic carbocycles. The van der Waals surface area contributed by atoms with E-state index >= 15 is 0 Å². The maximum Gasteiger partial charge on any atom is 0.0754 e. The van der Waals surface area contributed by atoms with Gasteiger partial charge < -0.3 is 9.47 Å². The van der Waals surface area contributed by atoms with Crippen molar-refractivity contribution in [1.82, 2.24) is 4.57 Å². The molecule has 298 valence electrons. The Balaban J connectivity index is 1.03. The van der Waals surface area contributed by atoms with Gasteiger partial charge in [0.2, 0.25) is 0 Å². The second-order valence-corrected chi connectivity index (χ2v) is 18.3. The first-order valence-electron chi connectivity index (χ1n) is 22.1. The molecule has 14 rings (SSSR count). The fourth-order valence-corrected chi connectivity index (χ4v) is 12.5. The van der Waals surface area contributed by atoms with Crippen molar-refractivity contribution < 1.29 is 0 Å². The molecular formula is C61H38N2S. The first-order chi connectivity index (χ1) is 31.8. The molecule has 64 heavy (non-hydrogen) atoms. The largest absolute Gasteiger partial charge is 0.310 e. The van der Waals surface area contributed by atoms with Crippen LogP contribution in [0.5, 0.6) is 0 Å². The molecule has 0 unspecified atom stereocenters. The first kappa shape index (κ1) is 35.6. The molecule has 0 atom stereocenters. The zero-order valence-electron chi connectivity index (χ0n) is 34.7. The van der Waals surface area contributed by atoms with Crippen LogP contribution < -0.4 is 4.90 Å². The normalized spacial score (nSPS) is 13.1. The van der Waals surface area contributed by atoms with Gasteiger partial charge in [0.25, 0.3) is 0 Å². The molecule has 0 bridgehead atoms. The molecule has 1 aliphatic carbocycles.